The summed E-state index contributed by atoms with van der Waals surface area (Å²) < 4.78 is 25.1. The molecule has 29 heavy (non-hydrogen) atoms. The molecule has 1 heterocycles. The van der Waals surface area contributed by atoms with Crippen molar-refractivity contribution in [2.24, 2.45) is 0 Å². The summed E-state index contributed by atoms with van der Waals surface area (Å²) in [6.45, 7) is 1.61. The van der Waals surface area contributed by atoms with Crippen molar-refractivity contribution in [2.75, 3.05) is 31.7 Å². The van der Waals surface area contributed by atoms with E-state index in [1.807, 2.05) is 11.0 Å². The number of methoxy groups -OCH3 is 1. The van der Waals surface area contributed by atoms with Crippen LogP contribution in [-0.4, -0.2) is 32.6 Å². The normalized spacial score (nSPS) is 13.9. The molecule has 1 saturated heterocycles. The zero-order valence-corrected chi connectivity index (χ0v) is 16.4. The van der Waals surface area contributed by atoms with Gasteiger partial charge in [0, 0.05) is 18.7 Å². The van der Waals surface area contributed by atoms with Crippen molar-refractivity contribution in [3.8, 4) is 17.6 Å². The van der Waals surface area contributed by atoms with E-state index in [0.717, 1.165) is 31.5 Å². The topological polar surface area (TPSA) is 62.6 Å². The number of nitriles is 1. The maximum Gasteiger partial charge on any atom is 0.185 e. The molecule has 0 radical (unpaired) electrons. The molecule has 1 aliphatic heterocycles. The average Bonchev–Trinajstić information content (AvgIpc) is 2.76. The van der Waals surface area contributed by atoms with Crippen LogP contribution in [-0.2, 0) is 0 Å². The molecule has 0 saturated carbocycles. The predicted molar refractivity (Wildman–Crippen MR) is 110 cm³/mol. The Morgan fingerprint density at radius 1 is 1.17 bits per heavy atom. The van der Waals surface area contributed by atoms with E-state index >= 15 is 0 Å². The molecule has 6 heteroatoms. The van der Waals surface area contributed by atoms with Crippen molar-refractivity contribution >= 4 is 17.5 Å². The number of nitrogens with zero attached hydrogens (tertiary/aromatic N) is 2. The first-order valence-corrected chi connectivity index (χ1v) is 9.57. The van der Waals surface area contributed by atoms with E-state index in [1.54, 1.807) is 36.4 Å². The monoisotopic (exact) mass is 394 g/mol. The van der Waals surface area contributed by atoms with Crippen LogP contribution in [0.15, 0.2) is 42.5 Å². The first-order chi connectivity index (χ1) is 14.1. The van der Waals surface area contributed by atoms with Gasteiger partial charge >= 0.3 is 0 Å². The second-order valence-electron chi connectivity index (χ2n) is 6.77. The fourth-order valence-electron chi connectivity index (χ4n) is 3.34. The molecular weight excluding hydrogens is 371 g/mol. The van der Waals surface area contributed by atoms with Crippen LogP contribution in [0.4, 0.5) is 10.1 Å². The van der Waals surface area contributed by atoms with Crippen LogP contribution < -0.4 is 14.4 Å². The van der Waals surface area contributed by atoms with Crippen LogP contribution in [0.1, 0.15) is 35.2 Å². The van der Waals surface area contributed by atoms with E-state index in [2.05, 4.69) is 0 Å². The van der Waals surface area contributed by atoms with Crippen LogP contribution in [0, 0.1) is 17.1 Å². The van der Waals surface area contributed by atoms with Gasteiger partial charge in [-0.1, -0.05) is 12.1 Å². The number of hydrogen-bond donors (Lipinski definition) is 0. The molecule has 0 unspecified atom stereocenters. The number of allylic oxidation sites excluding steroid dienone is 1. The second-order valence-corrected chi connectivity index (χ2v) is 6.77. The van der Waals surface area contributed by atoms with Crippen molar-refractivity contribution in [2.45, 2.75) is 19.3 Å². The maximum absolute atomic E-state index is 14.5. The highest BCUT2D eigenvalue weighted by molar-refractivity contribution is 6.07. The smallest absolute Gasteiger partial charge is 0.185 e. The van der Waals surface area contributed by atoms with E-state index in [9.17, 15) is 9.18 Å². The highest BCUT2D eigenvalue weighted by Crippen LogP contribution is 2.29. The van der Waals surface area contributed by atoms with Gasteiger partial charge in [-0.3, -0.25) is 4.79 Å². The summed E-state index contributed by atoms with van der Waals surface area (Å²) in [7, 11) is 1.50. The maximum atomic E-state index is 14.5. The van der Waals surface area contributed by atoms with Crippen LogP contribution in [0.5, 0.6) is 11.5 Å². The highest BCUT2D eigenvalue weighted by atomic mass is 19.1. The Labute approximate surface area is 170 Å². The first kappa shape index (κ1) is 20.4. The number of ether oxygens (including phenoxy) is 2. The van der Waals surface area contributed by atoms with Crippen molar-refractivity contribution in [1.29, 1.82) is 5.26 Å². The van der Waals surface area contributed by atoms with Gasteiger partial charge in [-0.2, -0.15) is 5.26 Å². The van der Waals surface area contributed by atoms with Gasteiger partial charge in [0.25, 0.3) is 0 Å². The van der Waals surface area contributed by atoms with Crippen molar-refractivity contribution in [3.63, 3.8) is 0 Å². The van der Waals surface area contributed by atoms with E-state index < -0.39 is 0 Å². The summed E-state index contributed by atoms with van der Waals surface area (Å²) in [5, 5.41) is 8.62. The zero-order chi connectivity index (χ0) is 20.6. The zero-order valence-electron chi connectivity index (χ0n) is 16.4. The Kier molecular flexibility index (Phi) is 6.85. The summed E-state index contributed by atoms with van der Waals surface area (Å²) >= 11 is 0. The van der Waals surface area contributed by atoms with Gasteiger partial charge in [0.1, 0.15) is 11.9 Å². The Morgan fingerprint density at radius 3 is 2.66 bits per heavy atom. The molecule has 0 atom stereocenters. The van der Waals surface area contributed by atoms with Gasteiger partial charge in [-0.15, -0.1) is 0 Å². The van der Waals surface area contributed by atoms with E-state index in [1.165, 1.54) is 25.7 Å². The summed E-state index contributed by atoms with van der Waals surface area (Å²) in [5.41, 5.74) is 1.59. The largest absolute Gasteiger partial charge is 0.493 e. The average molecular weight is 394 g/mol. The molecule has 0 N–H and O–H groups in total. The summed E-state index contributed by atoms with van der Waals surface area (Å²) in [4.78, 5) is 14.5. The van der Waals surface area contributed by atoms with E-state index in [-0.39, 0.29) is 18.2 Å². The summed E-state index contributed by atoms with van der Waals surface area (Å²) in [6, 6.07) is 11.7. The van der Waals surface area contributed by atoms with Crippen LogP contribution in [0.2, 0.25) is 0 Å². The second kappa shape index (κ2) is 9.74. The number of carbonyl (C=O) groups excluding carboxylic acids is 1. The van der Waals surface area contributed by atoms with Crippen molar-refractivity contribution in [3.05, 3.63) is 59.4 Å². The Bertz CT molecular complexity index is 944. The number of carbonyl (C=O) groups is 1. The lowest BCUT2D eigenvalue weighted by Crippen LogP contribution is -2.30. The summed E-state index contributed by atoms with van der Waals surface area (Å²) in [5.74, 6) is 0.268. The fourth-order valence-corrected chi connectivity index (χ4v) is 3.34. The number of anilines is 1. The standard InChI is InChI=1S/C23H23FN2O3/c1-28-23-15-17(6-10-22(23)29-14-11-25)5-9-21(27)18-7-8-20(19(24)16-18)26-12-3-2-4-13-26/h5-10,15-16H,2-4,12-14H2,1H3/b9-5+. The number of hydrogen-bond acceptors (Lipinski definition) is 5. The SMILES string of the molecule is COc1cc(/C=C/C(=O)c2ccc(N3CCCCC3)c(F)c2)ccc1OCC#N. The summed E-state index contributed by atoms with van der Waals surface area (Å²) in [6.07, 6.45) is 6.34. The molecule has 0 aliphatic carbocycles. The Balaban J connectivity index is 1.72. The Morgan fingerprint density at radius 2 is 1.97 bits per heavy atom. The van der Waals surface area contributed by atoms with Crippen LogP contribution in [0.25, 0.3) is 6.08 Å². The fraction of sp³-hybridized carbons (Fsp3) is 0.304. The molecule has 2 aromatic rings. The number of benzene rings is 2. The molecule has 0 bridgehead atoms. The third-order valence-electron chi connectivity index (χ3n) is 4.84. The lowest BCUT2D eigenvalue weighted by Gasteiger charge is -2.29. The van der Waals surface area contributed by atoms with E-state index in [4.69, 9.17) is 14.7 Å². The van der Waals surface area contributed by atoms with Gasteiger partial charge in [-0.25, -0.2) is 4.39 Å². The molecule has 1 fully saturated rings. The minimum absolute atomic E-state index is 0.0803. The molecule has 150 valence electrons. The van der Waals surface area contributed by atoms with Crippen molar-refractivity contribution in [1.82, 2.24) is 0 Å². The molecule has 0 spiro atoms. The van der Waals surface area contributed by atoms with E-state index in [0.29, 0.717) is 22.7 Å². The molecular formula is C23H23FN2O3. The molecule has 0 amide bonds. The number of rotatable bonds is 7. The van der Waals surface area contributed by atoms with Crippen LogP contribution >= 0.6 is 0 Å². The van der Waals surface area contributed by atoms with Gasteiger partial charge in [-0.05, 0) is 61.2 Å². The number of piperidine rings is 1. The van der Waals surface area contributed by atoms with Gasteiger partial charge in [0.15, 0.2) is 23.9 Å². The minimum Gasteiger partial charge on any atom is -0.493 e. The Hall–Kier alpha value is -3.33. The molecule has 1 aliphatic rings. The molecule has 0 aromatic heterocycles. The molecule has 3 rings (SSSR count). The quantitative estimate of drug-likeness (QED) is 0.506. The minimum atomic E-state index is -0.369. The number of ketones is 1. The lowest BCUT2D eigenvalue weighted by molar-refractivity contribution is 0.104. The van der Waals surface area contributed by atoms with Gasteiger partial charge in [0.2, 0.25) is 0 Å². The highest BCUT2D eigenvalue weighted by Gasteiger charge is 2.16. The van der Waals surface area contributed by atoms with Gasteiger partial charge < -0.3 is 14.4 Å². The third kappa shape index (κ3) is 5.14. The lowest BCUT2D eigenvalue weighted by atomic mass is 10.1. The molecule has 5 nitrogen and oxygen atoms in total. The first-order valence-electron chi connectivity index (χ1n) is 9.57. The van der Waals surface area contributed by atoms with Crippen LogP contribution in [0.3, 0.4) is 0 Å². The number of halogens is 1. The van der Waals surface area contributed by atoms with Crippen molar-refractivity contribution < 1.29 is 18.7 Å². The predicted octanol–water partition coefficient (Wildman–Crippen LogP) is 4.62. The third-order valence-corrected chi connectivity index (χ3v) is 4.84. The van der Waals surface area contributed by atoms with Gasteiger partial charge in [0.05, 0.1) is 12.8 Å². The molecule has 2 aromatic carbocycles.